The standard InChI is InChI=1S/C17H23Cl2NO3Si/c1-5-23-17(21)15-10-12-14(7-6-13(18)16(12)19)20(15)11-22-8-9-24(2,3)4/h6-7,10H,5,8-9,11H2,1-4H3. The highest BCUT2D eigenvalue weighted by Crippen LogP contribution is 2.33. The zero-order valence-corrected chi connectivity index (χ0v) is 17.0. The molecule has 0 saturated carbocycles. The first-order chi connectivity index (χ1) is 11.2. The van der Waals surface area contributed by atoms with Gasteiger partial charge in [0.15, 0.2) is 0 Å². The third-order valence-electron chi connectivity index (χ3n) is 3.67. The maximum Gasteiger partial charge on any atom is 0.355 e. The first kappa shape index (κ1) is 19.3. The Morgan fingerprint density at radius 2 is 1.96 bits per heavy atom. The molecule has 0 radical (unpaired) electrons. The largest absolute Gasteiger partial charge is 0.461 e. The van der Waals surface area contributed by atoms with E-state index >= 15 is 0 Å². The van der Waals surface area contributed by atoms with Crippen molar-refractivity contribution in [2.24, 2.45) is 0 Å². The number of benzene rings is 1. The van der Waals surface area contributed by atoms with E-state index in [0.717, 1.165) is 16.9 Å². The van der Waals surface area contributed by atoms with Crippen molar-refractivity contribution < 1.29 is 14.3 Å². The third kappa shape index (κ3) is 4.54. The molecule has 0 fully saturated rings. The van der Waals surface area contributed by atoms with Gasteiger partial charge in [-0.25, -0.2) is 4.79 Å². The molecular formula is C17H23Cl2NO3Si. The summed E-state index contributed by atoms with van der Waals surface area (Å²) in [5, 5.41) is 1.61. The summed E-state index contributed by atoms with van der Waals surface area (Å²) in [6.45, 7) is 9.93. The summed E-state index contributed by atoms with van der Waals surface area (Å²) >= 11 is 12.4. The lowest BCUT2D eigenvalue weighted by Gasteiger charge is -2.16. The van der Waals surface area contributed by atoms with Gasteiger partial charge in [-0.05, 0) is 31.2 Å². The van der Waals surface area contributed by atoms with Gasteiger partial charge in [-0.3, -0.25) is 0 Å². The number of carbonyl (C=O) groups excluding carboxylic acids is 1. The van der Waals surface area contributed by atoms with Gasteiger partial charge in [-0.1, -0.05) is 42.8 Å². The molecule has 2 rings (SSSR count). The Balaban J connectivity index is 2.32. The number of carbonyl (C=O) groups is 1. The van der Waals surface area contributed by atoms with Gasteiger partial charge >= 0.3 is 5.97 Å². The van der Waals surface area contributed by atoms with Gasteiger partial charge in [0, 0.05) is 20.1 Å². The first-order valence-corrected chi connectivity index (χ1v) is 12.4. The highest BCUT2D eigenvalue weighted by atomic mass is 35.5. The molecule has 0 spiro atoms. The summed E-state index contributed by atoms with van der Waals surface area (Å²) in [5.41, 5.74) is 1.23. The predicted molar refractivity (Wildman–Crippen MR) is 102 cm³/mol. The maximum atomic E-state index is 12.3. The molecule has 132 valence electrons. The van der Waals surface area contributed by atoms with Crippen LogP contribution in [0.4, 0.5) is 0 Å². The van der Waals surface area contributed by atoms with Gasteiger partial charge in [-0.15, -0.1) is 0 Å². The van der Waals surface area contributed by atoms with Crippen LogP contribution in [0.5, 0.6) is 0 Å². The van der Waals surface area contributed by atoms with E-state index in [1.165, 1.54) is 0 Å². The number of rotatable bonds is 7. The average Bonchev–Trinajstić information content (AvgIpc) is 2.86. The molecule has 0 aliphatic rings. The van der Waals surface area contributed by atoms with Crippen LogP contribution in [0.1, 0.15) is 17.4 Å². The number of ether oxygens (including phenoxy) is 2. The molecule has 0 unspecified atom stereocenters. The Hall–Kier alpha value is -1.01. The van der Waals surface area contributed by atoms with Gasteiger partial charge in [-0.2, -0.15) is 0 Å². The molecule has 4 nitrogen and oxygen atoms in total. The van der Waals surface area contributed by atoms with Crippen molar-refractivity contribution in [2.45, 2.75) is 39.3 Å². The molecule has 0 bridgehead atoms. The van der Waals surface area contributed by atoms with Crippen LogP contribution in [0, 0.1) is 0 Å². The quantitative estimate of drug-likeness (QED) is 0.360. The van der Waals surface area contributed by atoms with Crippen LogP contribution in [0.3, 0.4) is 0 Å². The number of fused-ring (bicyclic) bond motifs is 1. The van der Waals surface area contributed by atoms with Crippen molar-refractivity contribution >= 4 is 48.1 Å². The Bertz CT molecular complexity index is 737. The highest BCUT2D eigenvalue weighted by molar-refractivity contribution is 6.76. The molecule has 0 aliphatic heterocycles. The van der Waals surface area contributed by atoms with E-state index < -0.39 is 14.0 Å². The van der Waals surface area contributed by atoms with Gasteiger partial charge < -0.3 is 14.0 Å². The number of nitrogens with zero attached hydrogens (tertiary/aromatic N) is 1. The van der Waals surface area contributed by atoms with Crippen molar-refractivity contribution in [1.82, 2.24) is 4.57 Å². The van der Waals surface area contributed by atoms with E-state index in [1.54, 1.807) is 23.6 Å². The summed E-state index contributed by atoms with van der Waals surface area (Å²) in [6, 6.07) is 6.34. The lowest BCUT2D eigenvalue weighted by molar-refractivity contribution is 0.0478. The van der Waals surface area contributed by atoms with Crippen molar-refractivity contribution in [2.75, 3.05) is 13.2 Å². The summed E-state index contributed by atoms with van der Waals surface area (Å²) < 4.78 is 12.8. The minimum absolute atomic E-state index is 0.278. The maximum absolute atomic E-state index is 12.3. The Morgan fingerprint density at radius 3 is 2.58 bits per heavy atom. The first-order valence-electron chi connectivity index (χ1n) is 7.96. The summed E-state index contributed by atoms with van der Waals surface area (Å²) in [5.74, 6) is -0.394. The second-order valence-corrected chi connectivity index (χ2v) is 13.2. The van der Waals surface area contributed by atoms with E-state index in [9.17, 15) is 4.79 Å². The summed E-state index contributed by atoms with van der Waals surface area (Å²) in [6.07, 6.45) is 0. The van der Waals surface area contributed by atoms with Crippen molar-refractivity contribution in [3.63, 3.8) is 0 Å². The normalized spacial score (nSPS) is 11.9. The van der Waals surface area contributed by atoms with Crippen molar-refractivity contribution in [3.05, 3.63) is 33.9 Å². The van der Waals surface area contributed by atoms with Crippen LogP contribution < -0.4 is 0 Å². The summed E-state index contributed by atoms with van der Waals surface area (Å²) in [4.78, 5) is 12.3. The van der Waals surface area contributed by atoms with Crippen LogP contribution in [-0.2, 0) is 16.2 Å². The lowest BCUT2D eigenvalue weighted by Crippen LogP contribution is -2.22. The fraction of sp³-hybridized carbons (Fsp3) is 0.471. The van der Waals surface area contributed by atoms with Crippen LogP contribution in [0.15, 0.2) is 18.2 Å². The molecule has 1 heterocycles. The molecule has 0 N–H and O–H groups in total. The topological polar surface area (TPSA) is 40.5 Å². The highest BCUT2D eigenvalue weighted by Gasteiger charge is 2.19. The molecule has 1 aromatic carbocycles. The van der Waals surface area contributed by atoms with Gasteiger partial charge in [0.1, 0.15) is 12.4 Å². The second-order valence-electron chi connectivity index (χ2n) is 6.82. The van der Waals surface area contributed by atoms with E-state index in [1.807, 2.05) is 6.07 Å². The van der Waals surface area contributed by atoms with E-state index in [4.69, 9.17) is 32.7 Å². The van der Waals surface area contributed by atoms with Crippen LogP contribution in [0.2, 0.25) is 35.7 Å². The second kappa shape index (κ2) is 7.91. The molecule has 24 heavy (non-hydrogen) atoms. The number of hydrogen-bond acceptors (Lipinski definition) is 3. The molecule has 2 aromatic rings. The molecule has 7 heteroatoms. The predicted octanol–water partition coefficient (Wildman–Crippen LogP) is 5.44. The molecule has 0 saturated heterocycles. The zero-order valence-electron chi connectivity index (χ0n) is 14.5. The van der Waals surface area contributed by atoms with Gasteiger partial charge in [0.25, 0.3) is 0 Å². The number of esters is 1. The molecule has 1 aromatic heterocycles. The minimum Gasteiger partial charge on any atom is -0.461 e. The SMILES string of the molecule is CCOC(=O)c1cc2c(Cl)c(Cl)ccc2n1COCC[Si](C)(C)C. The van der Waals surface area contributed by atoms with Crippen LogP contribution >= 0.6 is 23.2 Å². The molecule has 0 amide bonds. The number of hydrogen-bond donors (Lipinski definition) is 0. The van der Waals surface area contributed by atoms with E-state index in [0.29, 0.717) is 29.0 Å². The fourth-order valence-electron chi connectivity index (χ4n) is 2.32. The fourth-order valence-corrected chi connectivity index (χ4v) is 3.46. The van der Waals surface area contributed by atoms with Gasteiger partial charge in [0.05, 0.1) is 22.2 Å². The van der Waals surface area contributed by atoms with E-state index in [2.05, 4.69) is 19.6 Å². The smallest absolute Gasteiger partial charge is 0.355 e. The number of aromatic nitrogens is 1. The number of halogens is 2. The zero-order chi connectivity index (χ0) is 17.9. The Kier molecular flexibility index (Phi) is 6.37. The lowest BCUT2D eigenvalue weighted by atomic mass is 10.2. The van der Waals surface area contributed by atoms with Crippen LogP contribution in [-0.4, -0.2) is 31.8 Å². The molecule has 0 atom stereocenters. The third-order valence-corrected chi connectivity index (χ3v) is 6.20. The van der Waals surface area contributed by atoms with E-state index in [-0.39, 0.29) is 6.73 Å². The van der Waals surface area contributed by atoms with Crippen LogP contribution in [0.25, 0.3) is 10.9 Å². The Morgan fingerprint density at radius 1 is 1.25 bits per heavy atom. The molecular weight excluding hydrogens is 365 g/mol. The van der Waals surface area contributed by atoms with Gasteiger partial charge in [0.2, 0.25) is 0 Å². The van der Waals surface area contributed by atoms with Crippen molar-refractivity contribution in [3.8, 4) is 0 Å². The van der Waals surface area contributed by atoms with Crippen molar-refractivity contribution in [1.29, 1.82) is 0 Å². The minimum atomic E-state index is -1.16. The monoisotopic (exact) mass is 387 g/mol. The average molecular weight is 388 g/mol. The Labute approximate surface area is 153 Å². The summed E-state index contributed by atoms with van der Waals surface area (Å²) in [7, 11) is -1.16. The molecule has 0 aliphatic carbocycles.